The maximum atomic E-state index is 14.1. The van der Waals surface area contributed by atoms with Gasteiger partial charge in [0.05, 0.1) is 10.5 Å². The Hall–Kier alpha value is -1.69. The predicted molar refractivity (Wildman–Crippen MR) is 85.1 cm³/mol. The molecule has 2 fully saturated rings. The molecule has 2 atom stereocenters. The van der Waals surface area contributed by atoms with Crippen molar-refractivity contribution in [1.29, 1.82) is 0 Å². The van der Waals surface area contributed by atoms with Gasteiger partial charge in [0, 0.05) is 31.3 Å². The van der Waals surface area contributed by atoms with E-state index in [1.807, 2.05) is 0 Å². The van der Waals surface area contributed by atoms with Crippen molar-refractivity contribution in [3.8, 4) is 0 Å². The Labute approximate surface area is 141 Å². The van der Waals surface area contributed by atoms with Crippen molar-refractivity contribution in [3.63, 3.8) is 0 Å². The van der Waals surface area contributed by atoms with E-state index in [1.54, 1.807) is 11.8 Å². The van der Waals surface area contributed by atoms with Crippen molar-refractivity contribution >= 4 is 28.4 Å². The van der Waals surface area contributed by atoms with Crippen LogP contribution in [-0.4, -0.2) is 34.8 Å². The monoisotopic (exact) mass is 356 g/mol. The average molecular weight is 357 g/mol. The van der Waals surface area contributed by atoms with Crippen molar-refractivity contribution in [2.45, 2.75) is 25.7 Å². The number of likely N-dealkylation sites (tertiary alicyclic amines) is 1. The molecule has 2 heterocycles. The van der Waals surface area contributed by atoms with E-state index in [0.717, 1.165) is 0 Å². The van der Waals surface area contributed by atoms with Gasteiger partial charge in [-0.1, -0.05) is 11.6 Å². The number of H-pyrrole nitrogens is 1. The minimum atomic E-state index is -2.61. The molecule has 2 unspecified atom stereocenters. The third kappa shape index (κ3) is 2.39. The van der Waals surface area contributed by atoms with Crippen LogP contribution in [0.4, 0.5) is 13.2 Å². The average Bonchev–Trinajstić information content (AvgIpc) is 3.14. The predicted octanol–water partition coefficient (Wildman–Crippen LogP) is 4.39. The fraction of sp³-hybridized carbons (Fsp3) is 0.471. The first-order valence-corrected chi connectivity index (χ1v) is 8.27. The summed E-state index contributed by atoms with van der Waals surface area (Å²) in [4.78, 5) is 17.1. The quantitative estimate of drug-likeness (QED) is 0.808. The van der Waals surface area contributed by atoms with Crippen LogP contribution in [0, 0.1) is 24.6 Å². The van der Waals surface area contributed by atoms with Crippen molar-refractivity contribution in [2.24, 2.45) is 11.8 Å². The van der Waals surface area contributed by atoms with Crippen molar-refractivity contribution in [1.82, 2.24) is 9.88 Å². The van der Waals surface area contributed by atoms with Crippen LogP contribution in [-0.2, 0) is 0 Å². The molecule has 0 bridgehead atoms. The van der Waals surface area contributed by atoms with E-state index in [-0.39, 0.29) is 41.7 Å². The number of fused-ring (bicyclic) bond motifs is 2. The molecule has 1 aliphatic carbocycles. The summed E-state index contributed by atoms with van der Waals surface area (Å²) in [5.74, 6) is -3.66. The number of alkyl halides is 2. The molecular formula is C17H16ClF3N2O. The number of carbonyl (C=O) groups is 1. The molecule has 0 radical (unpaired) electrons. The molecule has 24 heavy (non-hydrogen) atoms. The topological polar surface area (TPSA) is 36.1 Å². The first kappa shape index (κ1) is 15.8. The Morgan fingerprint density at radius 2 is 1.92 bits per heavy atom. The van der Waals surface area contributed by atoms with E-state index in [2.05, 4.69) is 4.98 Å². The minimum Gasteiger partial charge on any atom is -0.349 e. The van der Waals surface area contributed by atoms with Crippen LogP contribution in [0.1, 0.15) is 28.9 Å². The van der Waals surface area contributed by atoms with Crippen LogP contribution < -0.4 is 0 Å². The van der Waals surface area contributed by atoms with E-state index in [9.17, 15) is 18.0 Å². The number of aryl methyl sites for hydroxylation is 1. The molecule has 1 aromatic heterocycles. The van der Waals surface area contributed by atoms with Crippen LogP contribution in [0.5, 0.6) is 0 Å². The highest BCUT2D eigenvalue weighted by atomic mass is 35.5. The molecule has 128 valence electrons. The van der Waals surface area contributed by atoms with Crippen LogP contribution in [0.2, 0.25) is 5.02 Å². The summed E-state index contributed by atoms with van der Waals surface area (Å²) in [5, 5.41) is 0.642. The number of amides is 1. The first-order chi connectivity index (χ1) is 11.2. The number of nitrogens with one attached hydrogen (secondary N) is 1. The van der Waals surface area contributed by atoms with Crippen molar-refractivity contribution < 1.29 is 18.0 Å². The second kappa shape index (κ2) is 5.15. The standard InChI is InChI=1S/C17H16ClF3N2O/c1-8-2-12(19)11-3-13(22-15(11)14(8)18)16(24)23-6-9-4-17(20,21)5-10(9)7-23/h2-3,9-10,22H,4-7H2,1H3. The normalized spacial score (nSPS) is 25.5. The van der Waals surface area contributed by atoms with Crippen LogP contribution in [0.15, 0.2) is 12.1 Å². The van der Waals surface area contributed by atoms with Gasteiger partial charge in [-0.05, 0) is 36.5 Å². The Balaban J connectivity index is 1.61. The molecule has 1 N–H and O–H groups in total. The Morgan fingerprint density at radius 1 is 1.29 bits per heavy atom. The largest absolute Gasteiger partial charge is 0.349 e. The van der Waals surface area contributed by atoms with Gasteiger partial charge in [0.15, 0.2) is 0 Å². The number of aromatic amines is 1. The van der Waals surface area contributed by atoms with Gasteiger partial charge >= 0.3 is 0 Å². The van der Waals surface area contributed by atoms with Gasteiger partial charge < -0.3 is 9.88 Å². The molecule has 0 spiro atoms. The third-order valence-electron chi connectivity index (χ3n) is 5.20. The molecular weight excluding hydrogens is 341 g/mol. The smallest absolute Gasteiger partial charge is 0.270 e. The lowest BCUT2D eigenvalue weighted by atomic mass is 10.0. The molecule has 1 amide bonds. The summed E-state index contributed by atoms with van der Waals surface area (Å²) in [7, 11) is 0. The lowest BCUT2D eigenvalue weighted by Gasteiger charge is -2.18. The molecule has 4 rings (SSSR count). The minimum absolute atomic E-state index is 0.157. The van der Waals surface area contributed by atoms with Crippen LogP contribution in [0.3, 0.4) is 0 Å². The first-order valence-electron chi connectivity index (χ1n) is 7.89. The van der Waals surface area contributed by atoms with E-state index >= 15 is 0 Å². The van der Waals surface area contributed by atoms with Gasteiger partial charge in [-0.3, -0.25) is 4.79 Å². The van der Waals surface area contributed by atoms with Gasteiger partial charge in [-0.15, -0.1) is 0 Å². The second-order valence-electron chi connectivity index (χ2n) is 6.96. The summed E-state index contributed by atoms with van der Waals surface area (Å²) in [6, 6.07) is 2.77. The highest BCUT2D eigenvalue weighted by molar-refractivity contribution is 6.36. The Morgan fingerprint density at radius 3 is 2.54 bits per heavy atom. The summed E-state index contributed by atoms with van der Waals surface area (Å²) in [5.41, 5.74) is 1.21. The lowest BCUT2D eigenvalue weighted by molar-refractivity contribution is -0.00245. The van der Waals surface area contributed by atoms with Gasteiger partial charge in [-0.25, -0.2) is 13.2 Å². The number of hydrogen-bond donors (Lipinski definition) is 1. The Kier molecular flexibility index (Phi) is 3.39. The van der Waals surface area contributed by atoms with E-state index in [4.69, 9.17) is 11.6 Å². The number of aromatic nitrogens is 1. The number of halogens is 4. The SMILES string of the molecule is Cc1cc(F)c2cc(C(=O)N3CC4CC(F)(F)CC4C3)[nH]c2c1Cl. The van der Waals surface area contributed by atoms with Gasteiger partial charge in [-0.2, -0.15) is 0 Å². The number of benzene rings is 1. The fourth-order valence-electron chi connectivity index (χ4n) is 4.05. The summed E-state index contributed by atoms with van der Waals surface area (Å²) in [6.45, 7) is 2.34. The van der Waals surface area contributed by atoms with Gasteiger partial charge in [0.25, 0.3) is 5.91 Å². The lowest BCUT2D eigenvalue weighted by Crippen LogP contribution is -2.31. The van der Waals surface area contributed by atoms with Gasteiger partial charge in [0.2, 0.25) is 5.92 Å². The zero-order valence-corrected chi connectivity index (χ0v) is 13.8. The second-order valence-corrected chi connectivity index (χ2v) is 7.33. The number of hydrogen-bond acceptors (Lipinski definition) is 1. The van der Waals surface area contributed by atoms with E-state index in [1.165, 1.54) is 12.1 Å². The molecule has 3 nitrogen and oxygen atoms in total. The van der Waals surface area contributed by atoms with E-state index in [0.29, 0.717) is 29.2 Å². The van der Waals surface area contributed by atoms with Crippen LogP contribution >= 0.6 is 11.6 Å². The molecule has 1 aromatic carbocycles. The van der Waals surface area contributed by atoms with Crippen molar-refractivity contribution in [3.05, 3.63) is 34.2 Å². The Bertz CT molecular complexity index is 832. The molecule has 2 aromatic rings. The fourth-order valence-corrected chi connectivity index (χ4v) is 4.25. The third-order valence-corrected chi connectivity index (χ3v) is 5.69. The van der Waals surface area contributed by atoms with Gasteiger partial charge in [0.1, 0.15) is 11.5 Å². The number of rotatable bonds is 1. The maximum absolute atomic E-state index is 14.1. The summed E-state index contributed by atoms with van der Waals surface area (Å²) < 4.78 is 40.9. The van der Waals surface area contributed by atoms with Crippen LogP contribution in [0.25, 0.3) is 10.9 Å². The van der Waals surface area contributed by atoms with Crippen molar-refractivity contribution in [2.75, 3.05) is 13.1 Å². The number of nitrogens with zero attached hydrogens (tertiary/aromatic N) is 1. The molecule has 1 saturated carbocycles. The molecule has 1 aliphatic heterocycles. The molecule has 1 saturated heterocycles. The zero-order valence-electron chi connectivity index (χ0n) is 13.0. The number of carbonyl (C=O) groups excluding carboxylic acids is 1. The summed E-state index contributed by atoms with van der Waals surface area (Å²) >= 11 is 6.18. The van der Waals surface area contributed by atoms with E-state index < -0.39 is 11.7 Å². The zero-order chi connectivity index (χ0) is 17.2. The maximum Gasteiger partial charge on any atom is 0.270 e. The summed E-state index contributed by atoms with van der Waals surface area (Å²) in [6.07, 6.45) is -0.318. The molecule has 2 aliphatic rings. The molecule has 7 heteroatoms. The highest BCUT2D eigenvalue weighted by Crippen LogP contribution is 2.47. The highest BCUT2D eigenvalue weighted by Gasteiger charge is 2.51.